The standard InChI is InChI=1S/11CH5N.4BH3O3/c11*1-2;4*2-1(3)4/h11*2H2,1H3;4*2-4H. The van der Waals surface area contributed by atoms with Crippen LogP contribution in [0.25, 0.3) is 0 Å². The third-order valence-corrected chi connectivity index (χ3v) is 0. The van der Waals surface area contributed by atoms with Crippen LogP contribution in [-0.4, -0.2) is 167 Å². The summed E-state index contributed by atoms with van der Waals surface area (Å²) in [6.45, 7) is 0. The molecule has 0 aromatic carbocycles. The Kier molecular flexibility index (Phi) is 918. The molecular formula is C11H67B4N11O12. The van der Waals surface area contributed by atoms with Crippen molar-refractivity contribution in [2.24, 2.45) is 63.1 Å². The van der Waals surface area contributed by atoms with Gasteiger partial charge in [-0.1, -0.05) is 0 Å². The molecule has 0 saturated carbocycles. The second kappa shape index (κ2) is 353. The molecule has 34 N–H and O–H groups in total. The van der Waals surface area contributed by atoms with Gasteiger partial charge in [-0.05, 0) is 77.5 Å². The maximum absolute atomic E-state index is 7.17. The number of hydrogen-bond acceptors (Lipinski definition) is 23. The van der Waals surface area contributed by atoms with Crippen molar-refractivity contribution in [3.63, 3.8) is 0 Å². The van der Waals surface area contributed by atoms with Crippen molar-refractivity contribution >= 4 is 29.3 Å². The minimum atomic E-state index is -2.17. The average Bonchev–Trinajstić information content (AvgIpc) is 2.95. The summed E-state index contributed by atoms with van der Waals surface area (Å²) in [5.41, 5.74) is 49.5. The highest BCUT2D eigenvalue weighted by Crippen LogP contribution is 1.41. The fourth-order valence-corrected chi connectivity index (χ4v) is 0. The van der Waals surface area contributed by atoms with Crippen LogP contribution in [0.15, 0.2) is 0 Å². The molecule has 0 saturated heterocycles. The van der Waals surface area contributed by atoms with Gasteiger partial charge in [0.25, 0.3) is 0 Å². The van der Waals surface area contributed by atoms with Crippen LogP contribution >= 0.6 is 0 Å². The summed E-state index contributed by atoms with van der Waals surface area (Å²) in [6, 6.07) is 0. The van der Waals surface area contributed by atoms with E-state index in [0.717, 1.165) is 0 Å². The van der Waals surface area contributed by atoms with E-state index in [4.69, 9.17) is 60.3 Å². The van der Waals surface area contributed by atoms with E-state index in [0.29, 0.717) is 0 Å². The topological polar surface area (TPSA) is 529 Å². The first-order valence-electron chi connectivity index (χ1n) is 9.45. The van der Waals surface area contributed by atoms with Crippen LogP contribution in [-0.2, 0) is 0 Å². The molecule has 250 valence electrons. The highest BCUT2D eigenvalue weighted by molar-refractivity contribution is 6.31. The molecule has 0 aromatic heterocycles. The highest BCUT2D eigenvalue weighted by atomic mass is 16.5. The van der Waals surface area contributed by atoms with E-state index in [1.54, 1.807) is 0 Å². The zero-order chi connectivity index (χ0) is 36.3. The van der Waals surface area contributed by atoms with Gasteiger partial charge in [0.15, 0.2) is 0 Å². The van der Waals surface area contributed by atoms with Crippen LogP contribution in [0.2, 0.25) is 0 Å². The first kappa shape index (κ1) is 98.8. The molecule has 0 radical (unpaired) electrons. The summed E-state index contributed by atoms with van der Waals surface area (Å²) in [5.74, 6) is 0. The molecule has 0 atom stereocenters. The Bertz CT molecular complexity index is 115. The lowest BCUT2D eigenvalue weighted by atomic mass is 10.3. The molecule has 38 heavy (non-hydrogen) atoms. The smallest absolute Gasteiger partial charge is 0.402 e. The Morgan fingerprint density at radius 1 is 0.184 bits per heavy atom. The van der Waals surface area contributed by atoms with Gasteiger partial charge in [0.05, 0.1) is 0 Å². The Hall–Kier alpha value is -0.660. The van der Waals surface area contributed by atoms with Gasteiger partial charge in [0, 0.05) is 0 Å². The van der Waals surface area contributed by atoms with Gasteiger partial charge in [0.1, 0.15) is 0 Å². The summed E-state index contributed by atoms with van der Waals surface area (Å²) in [4.78, 5) is 0. The van der Waals surface area contributed by atoms with Crippen molar-refractivity contribution in [2.45, 2.75) is 0 Å². The SMILES string of the molecule is CN.CN.CN.CN.CN.CN.CN.CN.CN.CN.CN.OB(O)O.OB(O)O.OB(O)O.OB(O)O. The van der Waals surface area contributed by atoms with E-state index in [-0.39, 0.29) is 0 Å². The molecule has 0 unspecified atom stereocenters. The summed E-state index contributed by atoms with van der Waals surface area (Å²) >= 11 is 0. The van der Waals surface area contributed by atoms with Gasteiger partial charge in [0.2, 0.25) is 0 Å². The molecule has 0 amide bonds. The molecule has 0 aliphatic heterocycles. The largest absolute Gasteiger partial charge is 0.631 e. The van der Waals surface area contributed by atoms with Gasteiger partial charge >= 0.3 is 29.3 Å². The van der Waals surface area contributed by atoms with Crippen molar-refractivity contribution in [2.75, 3.05) is 77.5 Å². The number of rotatable bonds is 0. The minimum Gasteiger partial charge on any atom is -0.402 e. The fourth-order valence-electron chi connectivity index (χ4n) is 0. The van der Waals surface area contributed by atoms with Crippen molar-refractivity contribution < 1.29 is 60.3 Å². The van der Waals surface area contributed by atoms with Crippen molar-refractivity contribution in [3.8, 4) is 0 Å². The first-order chi connectivity index (χ1) is 17.9. The van der Waals surface area contributed by atoms with Gasteiger partial charge in [-0.3, -0.25) is 0 Å². The maximum atomic E-state index is 7.17. The molecule has 27 heteroatoms. The minimum absolute atomic E-state index is 1.50. The summed E-state index contributed by atoms with van der Waals surface area (Å²) in [6.07, 6.45) is 0. The quantitative estimate of drug-likeness (QED) is 0.117. The van der Waals surface area contributed by atoms with Crippen molar-refractivity contribution in [1.82, 2.24) is 0 Å². The van der Waals surface area contributed by atoms with Gasteiger partial charge in [-0.15, -0.1) is 0 Å². The monoisotopic (exact) mass is 590 g/mol. The lowest BCUT2D eigenvalue weighted by Crippen LogP contribution is -2.07. The number of nitrogens with two attached hydrogens (primary N) is 11. The van der Waals surface area contributed by atoms with Gasteiger partial charge in [-0.2, -0.15) is 0 Å². The molecule has 0 heterocycles. The molecule has 0 aliphatic carbocycles. The maximum Gasteiger partial charge on any atom is 0.631 e. The molecule has 0 aromatic rings. The van der Waals surface area contributed by atoms with Crippen molar-refractivity contribution in [3.05, 3.63) is 0 Å². The second-order valence-electron chi connectivity index (χ2n) is 1.39. The Balaban J connectivity index is -0.0000000117. The highest BCUT2D eigenvalue weighted by Gasteiger charge is 1.93. The van der Waals surface area contributed by atoms with E-state index in [1.807, 2.05) is 0 Å². The molecular weight excluding hydrogens is 521 g/mol. The third-order valence-electron chi connectivity index (χ3n) is 0. The summed E-state index contributed by atoms with van der Waals surface area (Å²) in [7, 11) is 7.83. The first-order valence-corrected chi connectivity index (χ1v) is 9.45. The molecule has 0 bridgehead atoms. The molecule has 23 nitrogen and oxygen atoms in total. The fraction of sp³-hybridized carbons (Fsp3) is 1.00. The van der Waals surface area contributed by atoms with E-state index in [9.17, 15) is 0 Å². The Morgan fingerprint density at radius 3 is 0.184 bits per heavy atom. The van der Waals surface area contributed by atoms with Crippen molar-refractivity contribution in [1.29, 1.82) is 0 Å². The van der Waals surface area contributed by atoms with Crippen LogP contribution in [0.3, 0.4) is 0 Å². The number of hydrogen-bond donors (Lipinski definition) is 23. The van der Waals surface area contributed by atoms with Gasteiger partial charge in [-0.25, -0.2) is 0 Å². The summed E-state index contributed by atoms with van der Waals surface area (Å²) in [5, 5.41) is 86.0. The zero-order valence-electron chi connectivity index (χ0n) is 25.0. The third kappa shape index (κ3) is 95600. The second-order valence-corrected chi connectivity index (χ2v) is 1.39. The molecule has 0 fully saturated rings. The zero-order valence-corrected chi connectivity index (χ0v) is 25.0. The Labute approximate surface area is 230 Å². The van der Waals surface area contributed by atoms with Gasteiger partial charge < -0.3 is 123 Å². The Morgan fingerprint density at radius 2 is 0.184 bits per heavy atom. The lowest BCUT2D eigenvalue weighted by Gasteiger charge is -1.69. The van der Waals surface area contributed by atoms with Crippen LogP contribution in [0.4, 0.5) is 0 Å². The van der Waals surface area contributed by atoms with Crippen LogP contribution in [0, 0.1) is 0 Å². The van der Waals surface area contributed by atoms with E-state index < -0.39 is 29.3 Å². The lowest BCUT2D eigenvalue weighted by molar-refractivity contribution is 0.276. The molecule has 0 rings (SSSR count). The van der Waals surface area contributed by atoms with E-state index in [2.05, 4.69) is 63.1 Å². The average molecular weight is 589 g/mol. The van der Waals surface area contributed by atoms with Crippen LogP contribution in [0.1, 0.15) is 0 Å². The van der Waals surface area contributed by atoms with Crippen LogP contribution in [0.5, 0.6) is 0 Å². The molecule has 0 spiro atoms. The van der Waals surface area contributed by atoms with Crippen LogP contribution < -0.4 is 63.1 Å². The van der Waals surface area contributed by atoms with E-state index >= 15 is 0 Å². The predicted molar refractivity (Wildman–Crippen MR) is 161 cm³/mol. The molecule has 0 aliphatic rings. The van der Waals surface area contributed by atoms with E-state index in [1.165, 1.54) is 77.5 Å². The predicted octanol–water partition coefficient (Wildman–Crippen LogP) is -12.9. The summed E-state index contributed by atoms with van der Waals surface area (Å²) < 4.78 is 0. The normalized spacial score (nSPS) is 4.58.